The summed E-state index contributed by atoms with van der Waals surface area (Å²) in [6.07, 6.45) is 0. The summed E-state index contributed by atoms with van der Waals surface area (Å²) in [6, 6.07) is 19.0. The van der Waals surface area contributed by atoms with Crippen molar-refractivity contribution < 1.29 is 18.8 Å². The molecular weight excluding hydrogens is 397 g/mol. The summed E-state index contributed by atoms with van der Waals surface area (Å²) < 4.78 is 12.9. The molecular formula is C24H22FN3O3. The topological polar surface area (TPSA) is 87.3 Å². The molecule has 3 aromatic rings. The molecule has 0 bridgehead atoms. The highest BCUT2D eigenvalue weighted by molar-refractivity contribution is 6.04. The fourth-order valence-corrected chi connectivity index (χ4v) is 2.77. The van der Waals surface area contributed by atoms with Gasteiger partial charge in [0, 0.05) is 35.5 Å². The minimum atomic E-state index is -0.412. The van der Waals surface area contributed by atoms with Gasteiger partial charge in [0.2, 0.25) is 0 Å². The number of carbonyl (C=O) groups is 3. The molecule has 6 nitrogen and oxygen atoms in total. The molecule has 3 aromatic carbocycles. The van der Waals surface area contributed by atoms with Crippen LogP contribution in [-0.2, 0) is 0 Å². The van der Waals surface area contributed by atoms with Crippen LogP contribution < -0.4 is 16.0 Å². The molecule has 0 aromatic heterocycles. The zero-order valence-electron chi connectivity index (χ0n) is 16.9. The highest BCUT2D eigenvalue weighted by atomic mass is 19.1. The maximum Gasteiger partial charge on any atom is 0.255 e. The van der Waals surface area contributed by atoms with Gasteiger partial charge in [-0.25, -0.2) is 4.39 Å². The van der Waals surface area contributed by atoms with Crippen molar-refractivity contribution in [3.05, 3.63) is 101 Å². The second kappa shape index (κ2) is 10.2. The quantitative estimate of drug-likeness (QED) is 0.512. The number of halogens is 1. The maximum absolute atomic E-state index is 12.9. The molecule has 0 aliphatic heterocycles. The van der Waals surface area contributed by atoms with Crippen LogP contribution in [-0.4, -0.2) is 30.8 Å². The normalized spacial score (nSPS) is 10.3. The Morgan fingerprint density at radius 3 is 1.58 bits per heavy atom. The number of hydrogen-bond acceptors (Lipinski definition) is 3. The number of aryl methyl sites for hydroxylation is 1. The highest BCUT2D eigenvalue weighted by Crippen LogP contribution is 2.12. The smallest absolute Gasteiger partial charge is 0.255 e. The van der Waals surface area contributed by atoms with E-state index in [1.807, 2.05) is 19.1 Å². The van der Waals surface area contributed by atoms with Crippen LogP contribution >= 0.6 is 0 Å². The summed E-state index contributed by atoms with van der Waals surface area (Å²) in [5.41, 5.74) is 2.97. The van der Waals surface area contributed by atoms with Crippen molar-refractivity contribution in [2.45, 2.75) is 6.92 Å². The zero-order chi connectivity index (χ0) is 22.2. The first-order valence-corrected chi connectivity index (χ1v) is 9.72. The Bertz CT molecular complexity index is 1060. The van der Waals surface area contributed by atoms with Crippen LogP contribution in [0.1, 0.15) is 36.6 Å². The summed E-state index contributed by atoms with van der Waals surface area (Å²) in [5.74, 6) is -1.28. The van der Waals surface area contributed by atoms with Gasteiger partial charge in [0.1, 0.15) is 5.82 Å². The van der Waals surface area contributed by atoms with E-state index in [-0.39, 0.29) is 30.8 Å². The molecule has 31 heavy (non-hydrogen) atoms. The Morgan fingerprint density at radius 2 is 1.06 bits per heavy atom. The maximum atomic E-state index is 12.9. The molecule has 0 saturated heterocycles. The number of anilines is 1. The summed E-state index contributed by atoms with van der Waals surface area (Å²) in [7, 11) is 0. The van der Waals surface area contributed by atoms with Gasteiger partial charge >= 0.3 is 0 Å². The predicted octanol–water partition coefficient (Wildman–Crippen LogP) is 3.55. The summed E-state index contributed by atoms with van der Waals surface area (Å²) in [4.78, 5) is 36.4. The van der Waals surface area contributed by atoms with Crippen molar-refractivity contribution >= 4 is 23.4 Å². The van der Waals surface area contributed by atoms with E-state index < -0.39 is 5.82 Å². The number of nitrogens with one attached hydrogen (secondary N) is 3. The van der Waals surface area contributed by atoms with E-state index in [1.54, 1.807) is 36.4 Å². The molecule has 3 N–H and O–H groups in total. The number of benzene rings is 3. The van der Waals surface area contributed by atoms with Gasteiger partial charge in [-0.05, 0) is 67.6 Å². The van der Waals surface area contributed by atoms with Crippen LogP contribution in [0, 0.1) is 12.7 Å². The SMILES string of the molecule is Cc1ccc(C(=O)Nc2ccc(C(=O)NCCNC(=O)c3ccc(F)cc3)cc2)cc1. The summed E-state index contributed by atoms with van der Waals surface area (Å²) in [5, 5.41) is 8.14. The Morgan fingerprint density at radius 1 is 0.645 bits per heavy atom. The summed E-state index contributed by atoms with van der Waals surface area (Å²) in [6.45, 7) is 2.41. The number of amides is 3. The highest BCUT2D eigenvalue weighted by Gasteiger charge is 2.09. The van der Waals surface area contributed by atoms with E-state index in [4.69, 9.17) is 0 Å². The van der Waals surface area contributed by atoms with Gasteiger partial charge in [0.25, 0.3) is 17.7 Å². The monoisotopic (exact) mass is 419 g/mol. The number of rotatable bonds is 7. The van der Waals surface area contributed by atoms with Gasteiger partial charge in [-0.1, -0.05) is 17.7 Å². The van der Waals surface area contributed by atoms with E-state index in [0.29, 0.717) is 22.4 Å². The van der Waals surface area contributed by atoms with Crippen molar-refractivity contribution in [1.82, 2.24) is 10.6 Å². The zero-order valence-corrected chi connectivity index (χ0v) is 16.9. The lowest BCUT2D eigenvalue weighted by atomic mass is 10.1. The fraction of sp³-hybridized carbons (Fsp3) is 0.125. The molecule has 0 spiro atoms. The summed E-state index contributed by atoms with van der Waals surface area (Å²) >= 11 is 0. The lowest BCUT2D eigenvalue weighted by Crippen LogP contribution is -2.34. The first-order valence-electron chi connectivity index (χ1n) is 9.72. The first-order chi connectivity index (χ1) is 14.9. The molecule has 0 heterocycles. The largest absolute Gasteiger partial charge is 0.350 e. The molecule has 0 saturated carbocycles. The van der Waals surface area contributed by atoms with Crippen LogP contribution in [0.4, 0.5) is 10.1 Å². The standard InChI is InChI=1S/C24H22FN3O3/c1-16-2-4-19(5-3-16)24(31)28-21-12-8-18(9-13-21)23(30)27-15-14-26-22(29)17-6-10-20(25)11-7-17/h2-13H,14-15H2,1H3,(H,26,29)(H,27,30)(H,28,31). The Hall–Kier alpha value is -4.00. The minimum absolute atomic E-state index is 0.228. The van der Waals surface area contributed by atoms with Crippen LogP contribution in [0.2, 0.25) is 0 Å². The Kier molecular flexibility index (Phi) is 7.11. The van der Waals surface area contributed by atoms with Crippen LogP contribution in [0.5, 0.6) is 0 Å². The third kappa shape index (κ3) is 6.24. The molecule has 0 fully saturated rings. The third-order valence-corrected chi connectivity index (χ3v) is 4.52. The van der Waals surface area contributed by atoms with Crippen LogP contribution in [0.15, 0.2) is 72.8 Å². The number of carbonyl (C=O) groups excluding carboxylic acids is 3. The number of hydrogen-bond donors (Lipinski definition) is 3. The van der Waals surface area contributed by atoms with Crippen molar-refractivity contribution in [2.75, 3.05) is 18.4 Å². The van der Waals surface area contributed by atoms with E-state index >= 15 is 0 Å². The van der Waals surface area contributed by atoms with E-state index in [1.165, 1.54) is 24.3 Å². The molecule has 0 atom stereocenters. The second-order valence-electron chi connectivity index (χ2n) is 6.92. The van der Waals surface area contributed by atoms with Gasteiger partial charge in [-0.15, -0.1) is 0 Å². The predicted molar refractivity (Wildman–Crippen MR) is 117 cm³/mol. The Balaban J connectivity index is 1.44. The first kappa shape index (κ1) is 21.7. The van der Waals surface area contributed by atoms with Gasteiger partial charge in [0.15, 0.2) is 0 Å². The van der Waals surface area contributed by atoms with Gasteiger partial charge in [0.05, 0.1) is 0 Å². The van der Waals surface area contributed by atoms with Crippen molar-refractivity contribution in [2.24, 2.45) is 0 Å². The van der Waals surface area contributed by atoms with Crippen molar-refractivity contribution in [1.29, 1.82) is 0 Å². The van der Waals surface area contributed by atoms with Crippen molar-refractivity contribution in [3.63, 3.8) is 0 Å². The van der Waals surface area contributed by atoms with Crippen LogP contribution in [0.25, 0.3) is 0 Å². The second-order valence-corrected chi connectivity index (χ2v) is 6.92. The lowest BCUT2D eigenvalue weighted by Gasteiger charge is -2.09. The van der Waals surface area contributed by atoms with Gasteiger partial charge < -0.3 is 16.0 Å². The molecule has 3 amide bonds. The van der Waals surface area contributed by atoms with Gasteiger partial charge in [-0.3, -0.25) is 14.4 Å². The van der Waals surface area contributed by atoms with Crippen LogP contribution in [0.3, 0.4) is 0 Å². The molecule has 0 aliphatic carbocycles. The van der Waals surface area contributed by atoms with E-state index in [2.05, 4.69) is 16.0 Å². The minimum Gasteiger partial charge on any atom is -0.350 e. The fourth-order valence-electron chi connectivity index (χ4n) is 2.77. The molecule has 0 aliphatic rings. The lowest BCUT2D eigenvalue weighted by molar-refractivity contribution is 0.0927. The molecule has 7 heteroatoms. The molecule has 0 unspecified atom stereocenters. The average molecular weight is 419 g/mol. The van der Waals surface area contributed by atoms with E-state index in [9.17, 15) is 18.8 Å². The van der Waals surface area contributed by atoms with Crippen molar-refractivity contribution in [3.8, 4) is 0 Å². The van der Waals surface area contributed by atoms with Gasteiger partial charge in [-0.2, -0.15) is 0 Å². The average Bonchev–Trinajstić information content (AvgIpc) is 2.78. The Labute approximate surface area is 179 Å². The molecule has 3 rings (SSSR count). The molecule has 158 valence electrons. The molecule has 0 radical (unpaired) electrons. The van der Waals surface area contributed by atoms with E-state index in [0.717, 1.165) is 5.56 Å². The third-order valence-electron chi connectivity index (χ3n) is 4.52.